The monoisotopic (exact) mass is 304 g/mol. The van der Waals surface area contributed by atoms with E-state index < -0.39 is 0 Å². The standard InChI is InChI=1S/C22H26N/c1-6-17-8-7-16(4)20(13-17)22-21-14-19(15(2)3)10-9-18(21)11-12-23(22)5/h7-15H,6H2,1-5H3/q+1. The van der Waals surface area contributed by atoms with Crippen LogP contribution in [0.3, 0.4) is 0 Å². The average Bonchev–Trinajstić information content (AvgIpc) is 2.55. The van der Waals surface area contributed by atoms with Crippen molar-refractivity contribution < 1.29 is 4.57 Å². The molecule has 0 saturated carbocycles. The number of pyridine rings is 1. The Bertz CT molecular complexity index is 859. The fourth-order valence-electron chi connectivity index (χ4n) is 3.22. The number of benzene rings is 2. The van der Waals surface area contributed by atoms with Gasteiger partial charge in [-0.2, -0.15) is 0 Å². The summed E-state index contributed by atoms with van der Waals surface area (Å²) in [5.74, 6) is 0.542. The van der Waals surface area contributed by atoms with Crippen LogP contribution >= 0.6 is 0 Å². The highest BCUT2D eigenvalue weighted by Crippen LogP contribution is 2.30. The summed E-state index contributed by atoms with van der Waals surface area (Å²) in [5, 5.41) is 2.65. The number of aromatic nitrogens is 1. The first-order chi connectivity index (χ1) is 11.0. The van der Waals surface area contributed by atoms with E-state index in [4.69, 9.17) is 0 Å². The Labute approximate surface area is 139 Å². The highest BCUT2D eigenvalue weighted by Gasteiger charge is 2.18. The predicted molar refractivity (Wildman–Crippen MR) is 98.8 cm³/mol. The van der Waals surface area contributed by atoms with Crippen LogP contribution in [0.1, 0.15) is 43.4 Å². The zero-order valence-corrected chi connectivity index (χ0v) is 14.9. The maximum atomic E-state index is 2.37. The minimum atomic E-state index is 0.542. The molecule has 1 aromatic heterocycles. The molecule has 0 aliphatic carbocycles. The lowest BCUT2D eigenvalue weighted by atomic mass is 9.94. The zero-order valence-electron chi connectivity index (χ0n) is 14.9. The lowest BCUT2D eigenvalue weighted by Crippen LogP contribution is -2.30. The maximum Gasteiger partial charge on any atom is 0.220 e. The van der Waals surface area contributed by atoms with Crippen molar-refractivity contribution in [2.24, 2.45) is 7.05 Å². The normalized spacial score (nSPS) is 11.4. The Morgan fingerprint density at radius 3 is 2.48 bits per heavy atom. The molecule has 23 heavy (non-hydrogen) atoms. The number of nitrogens with zero attached hydrogens (tertiary/aromatic N) is 1. The van der Waals surface area contributed by atoms with Gasteiger partial charge in [-0.05, 0) is 53.5 Å². The third kappa shape index (κ3) is 2.88. The molecular weight excluding hydrogens is 278 g/mol. The molecule has 3 aromatic rings. The highest BCUT2D eigenvalue weighted by atomic mass is 14.9. The summed E-state index contributed by atoms with van der Waals surface area (Å²) in [6, 6.07) is 15.9. The van der Waals surface area contributed by atoms with Crippen molar-refractivity contribution in [2.45, 2.75) is 40.0 Å². The van der Waals surface area contributed by atoms with Crippen LogP contribution in [0.25, 0.3) is 22.0 Å². The molecule has 1 heterocycles. The molecular formula is C22H26N+. The molecule has 0 aliphatic heterocycles. The number of fused-ring (bicyclic) bond motifs is 1. The van der Waals surface area contributed by atoms with E-state index in [9.17, 15) is 0 Å². The first-order valence-electron chi connectivity index (χ1n) is 8.53. The van der Waals surface area contributed by atoms with Gasteiger partial charge in [-0.1, -0.05) is 45.0 Å². The van der Waals surface area contributed by atoms with Crippen molar-refractivity contribution >= 4 is 10.8 Å². The van der Waals surface area contributed by atoms with Crippen LogP contribution in [0.2, 0.25) is 0 Å². The molecule has 0 atom stereocenters. The molecule has 0 radical (unpaired) electrons. The quantitative estimate of drug-likeness (QED) is 0.576. The van der Waals surface area contributed by atoms with Crippen LogP contribution in [0.4, 0.5) is 0 Å². The molecule has 0 unspecified atom stereocenters. The fourth-order valence-corrected chi connectivity index (χ4v) is 3.22. The van der Waals surface area contributed by atoms with Crippen LogP contribution in [0, 0.1) is 6.92 Å². The van der Waals surface area contributed by atoms with Gasteiger partial charge in [-0.15, -0.1) is 0 Å². The third-order valence-electron chi connectivity index (χ3n) is 4.79. The van der Waals surface area contributed by atoms with Crippen LogP contribution in [0.5, 0.6) is 0 Å². The molecule has 0 saturated heterocycles. The Kier molecular flexibility index (Phi) is 4.21. The molecule has 0 spiro atoms. The molecule has 0 amide bonds. The molecule has 118 valence electrons. The van der Waals surface area contributed by atoms with Gasteiger partial charge in [0.15, 0.2) is 6.20 Å². The molecule has 1 nitrogen and oxygen atoms in total. The molecule has 2 aromatic carbocycles. The Hall–Kier alpha value is -2.15. The summed E-state index contributed by atoms with van der Waals surface area (Å²) < 4.78 is 2.26. The number of rotatable bonds is 3. The van der Waals surface area contributed by atoms with Gasteiger partial charge in [0.1, 0.15) is 7.05 Å². The van der Waals surface area contributed by atoms with Gasteiger partial charge < -0.3 is 0 Å². The second kappa shape index (κ2) is 6.16. The van der Waals surface area contributed by atoms with Crippen molar-refractivity contribution in [2.75, 3.05) is 0 Å². The van der Waals surface area contributed by atoms with Gasteiger partial charge >= 0.3 is 0 Å². The van der Waals surface area contributed by atoms with Gasteiger partial charge in [0, 0.05) is 11.6 Å². The summed E-state index contributed by atoms with van der Waals surface area (Å²) in [7, 11) is 2.15. The third-order valence-corrected chi connectivity index (χ3v) is 4.79. The average molecular weight is 304 g/mol. The summed E-state index contributed by atoms with van der Waals surface area (Å²) in [4.78, 5) is 0. The van der Waals surface area contributed by atoms with Crippen LogP contribution < -0.4 is 4.57 Å². The summed E-state index contributed by atoms with van der Waals surface area (Å²) >= 11 is 0. The SMILES string of the molecule is CCc1ccc(C)c(-c2c3cc(C(C)C)ccc3cc[n+]2C)c1. The summed E-state index contributed by atoms with van der Waals surface area (Å²) in [6.45, 7) is 8.94. The topological polar surface area (TPSA) is 3.88 Å². The second-order valence-electron chi connectivity index (χ2n) is 6.78. The van der Waals surface area contributed by atoms with E-state index in [-0.39, 0.29) is 0 Å². The molecule has 0 aliphatic rings. The van der Waals surface area contributed by atoms with E-state index in [0.29, 0.717) is 5.92 Å². The first-order valence-corrected chi connectivity index (χ1v) is 8.53. The smallest absolute Gasteiger partial charge is 0.200 e. The Morgan fingerprint density at radius 2 is 1.78 bits per heavy atom. The lowest BCUT2D eigenvalue weighted by Gasteiger charge is -2.12. The molecule has 0 bridgehead atoms. The summed E-state index contributed by atoms with van der Waals surface area (Å²) in [6.07, 6.45) is 3.24. The number of hydrogen-bond acceptors (Lipinski definition) is 0. The van der Waals surface area contributed by atoms with Crippen molar-refractivity contribution in [3.8, 4) is 11.3 Å². The van der Waals surface area contributed by atoms with Gasteiger partial charge in [-0.3, -0.25) is 0 Å². The van der Waals surface area contributed by atoms with E-state index in [1.807, 2.05) is 0 Å². The van der Waals surface area contributed by atoms with Gasteiger partial charge in [0.25, 0.3) is 0 Å². The Balaban J connectivity index is 2.35. The van der Waals surface area contributed by atoms with Crippen molar-refractivity contribution in [3.05, 3.63) is 65.4 Å². The number of aryl methyl sites for hydroxylation is 3. The highest BCUT2D eigenvalue weighted by molar-refractivity contribution is 5.94. The molecule has 0 N–H and O–H groups in total. The van der Waals surface area contributed by atoms with Crippen LogP contribution in [0.15, 0.2) is 48.7 Å². The van der Waals surface area contributed by atoms with E-state index in [1.165, 1.54) is 38.7 Å². The van der Waals surface area contributed by atoms with Crippen LogP contribution in [-0.2, 0) is 13.5 Å². The Morgan fingerprint density at radius 1 is 1.00 bits per heavy atom. The minimum Gasteiger partial charge on any atom is -0.200 e. The predicted octanol–water partition coefficient (Wildman–Crippen LogP) is 5.33. The van der Waals surface area contributed by atoms with E-state index in [2.05, 4.69) is 88.0 Å². The fraction of sp³-hybridized carbons (Fsp3) is 0.318. The van der Waals surface area contributed by atoms with E-state index in [0.717, 1.165) is 6.42 Å². The van der Waals surface area contributed by atoms with Crippen molar-refractivity contribution in [1.29, 1.82) is 0 Å². The van der Waals surface area contributed by atoms with E-state index >= 15 is 0 Å². The van der Waals surface area contributed by atoms with Gasteiger partial charge in [0.2, 0.25) is 5.69 Å². The van der Waals surface area contributed by atoms with Crippen molar-refractivity contribution in [1.82, 2.24) is 0 Å². The molecule has 0 fully saturated rings. The zero-order chi connectivity index (χ0) is 16.6. The maximum absolute atomic E-state index is 2.37. The lowest BCUT2D eigenvalue weighted by molar-refractivity contribution is -0.659. The van der Waals surface area contributed by atoms with Crippen molar-refractivity contribution in [3.63, 3.8) is 0 Å². The second-order valence-corrected chi connectivity index (χ2v) is 6.78. The minimum absolute atomic E-state index is 0.542. The van der Waals surface area contributed by atoms with E-state index in [1.54, 1.807) is 0 Å². The first kappa shape index (κ1) is 15.7. The largest absolute Gasteiger partial charge is 0.220 e. The van der Waals surface area contributed by atoms with Gasteiger partial charge in [0.05, 0.1) is 5.39 Å². The van der Waals surface area contributed by atoms with Crippen LogP contribution in [-0.4, -0.2) is 0 Å². The van der Waals surface area contributed by atoms with Gasteiger partial charge in [-0.25, -0.2) is 4.57 Å². The number of hydrogen-bond donors (Lipinski definition) is 0. The molecule has 1 heteroatoms. The summed E-state index contributed by atoms with van der Waals surface area (Å²) in [5.41, 5.74) is 6.79. The molecule has 3 rings (SSSR count).